The van der Waals surface area contributed by atoms with E-state index in [9.17, 15) is 0 Å². The minimum Gasteiger partial charge on any atom is -0.106 e. The lowest BCUT2D eigenvalue weighted by Gasteiger charge is -2.05. The lowest BCUT2D eigenvalue weighted by molar-refractivity contribution is 0.990. The van der Waals surface area contributed by atoms with Crippen LogP contribution in [0.2, 0.25) is 0 Å². The van der Waals surface area contributed by atoms with Crippen LogP contribution in [0.15, 0.2) is 49.1 Å². The van der Waals surface area contributed by atoms with Crippen molar-refractivity contribution >= 4 is 0 Å². The third kappa shape index (κ3) is 38.3. The largest absolute Gasteiger partial charge is 0.106 e. The van der Waals surface area contributed by atoms with Crippen molar-refractivity contribution < 1.29 is 0 Å². The molecule has 0 aromatic carbocycles. The fourth-order valence-corrected chi connectivity index (χ4v) is 0.922. The monoisotopic (exact) mass is 268 g/mol. The van der Waals surface area contributed by atoms with Crippen LogP contribution in [0.25, 0.3) is 0 Å². The molecule has 0 aromatic rings. The molecular formula is C19H40. The van der Waals surface area contributed by atoms with Gasteiger partial charge in [-0.25, -0.2) is 0 Å². The van der Waals surface area contributed by atoms with E-state index < -0.39 is 0 Å². The quantitative estimate of drug-likeness (QED) is 0.394. The highest BCUT2D eigenvalue weighted by Crippen LogP contribution is 2.16. The molecule has 0 bridgehead atoms. The van der Waals surface area contributed by atoms with E-state index in [0.717, 1.165) is 0 Å². The summed E-state index contributed by atoms with van der Waals surface area (Å²) in [7, 11) is 0. The highest BCUT2D eigenvalue weighted by Gasteiger charge is 1.95. The van der Waals surface area contributed by atoms with Crippen molar-refractivity contribution in [2.45, 2.75) is 75.2 Å². The summed E-state index contributed by atoms with van der Waals surface area (Å²) in [5.41, 5.74) is 2.91. The maximum Gasteiger partial charge on any atom is -0.0310 e. The molecule has 0 atom stereocenters. The lowest BCUT2D eigenvalue weighted by Crippen LogP contribution is -1.85. The van der Waals surface area contributed by atoms with Crippen LogP contribution < -0.4 is 0 Å². The van der Waals surface area contributed by atoms with Crippen molar-refractivity contribution in [1.29, 1.82) is 0 Å². The second-order valence-electron chi connectivity index (χ2n) is 2.76. The van der Waals surface area contributed by atoms with E-state index in [0.29, 0.717) is 0 Å². The van der Waals surface area contributed by atoms with Gasteiger partial charge in [0.2, 0.25) is 0 Å². The van der Waals surface area contributed by atoms with Crippen LogP contribution in [-0.2, 0) is 0 Å². The summed E-state index contributed by atoms with van der Waals surface area (Å²) in [4.78, 5) is 0. The highest BCUT2D eigenvalue weighted by molar-refractivity contribution is 5.29. The van der Waals surface area contributed by atoms with Gasteiger partial charge in [0, 0.05) is 0 Å². The molecule has 0 unspecified atom stereocenters. The number of hydrogen-bond acceptors (Lipinski definition) is 0. The Labute approximate surface area is 125 Å². The van der Waals surface area contributed by atoms with Crippen LogP contribution in [0.5, 0.6) is 0 Å². The summed E-state index contributed by atoms with van der Waals surface area (Å²) in [5.74, 6) is 0. The smallest absolute Gasteiger partial charge is 0.0310 e. The van der Waals surface area contributed by atoms with Gasteiger partial charge in [0.1, 0.15) is 0 Å². The standard InChI is InChI=1S/C8H12.C3H6.3C2H6.C2H4/c1-7-5-3-4-6-8(7)2;1-3-2;4*1-2/h5-6H,3-4H2,1-2H3;3H,1H2,2H3;3*1-2H3;1-2H2. The Hall–Kier alpha value is -1.04. The van der Waals surface area contributed by atoms with E-state index in [1.54, 1.807) is 6.08 Å². The first-order valence-electron chi connectivity index (χ1n) is 7.63. The summed E-state index contributed by atoms with van der Waals surface area (Å²) >= 11 is 0. The lowest BCUT2D eigenvalue weighted by atomic mass is 10.0. The molecule has 19 heavy (non-hydrogen) atoms. The summed E-state index contributed by atoms with van der Waals surface area (Å²) in [5, 5.41) is 0. The first-order chi connectivity index (χ1) is 9.22. The van der Waals surface area contributed by atoms with E-state index >= 15 is 0 Å². The summed E-state index contributed by atoms with van der Waals surface area (Å²) < 4.78 is 0. The fraction of sp³-hybridized carbons (Fsp3) is 0.579. The zero-order valence-electron chi connectivity index (χ0n) is 15.3. The first kappa shape index (κ1) is 30.8. The maximum absolute atomic E-state index is 3.36. The van der Waals surface area contributed by atoms with E-state index in [1.165, 1.54) is 24.0 Å². The SMILES string of the molecule is C=C.C=CC.CC.CC.CC.CC1=CCCC=C1C. The van der Waals surface area contributed by atoms with E-state index in [-0.39, 0.29) is 0 Å². The molecule has 0 amide bonds. The topological polar surface area (TPSA) is 0 Å². The molecule has 0 saturated heterocycles. The Kier molecular flexibility index (Phi) is 70.5. The molecule has 0 spiro atoms. The van der Waals surface area contributed by atoms with Crippen LogP contribution in [-0.4, -0.2) is 0 Å². The van der Waals surface area contributed by atoms with Crippen molar-refractivity contribution in [3.63, 3.8) is 0 Å². The van der Waals surface area contributed by atoms with E-state index in [4.69, 9.17) is 0 Å². The summed E-state index contributed by atoms with van der Waals surface area (Å²) in [6.07, 6.45) is 8.83. The minimum absolute atomic E-state index is 1.24. The number of rotatable bonds is 0. The van der Waals surface area contributed by atoms with Gasteiger partial charge in [-0.3, -0.25) is 0 Å². The average Bonchev–Trinajstić information content (AvgIpc) is 2.51. The Morgan fingerprint density at radius 2 is 0.947 bits per heavy atom. The van der Waals surface area contributed by atoms with E-state index in [1.807, 2.05) is 48.5 Å². The van der Waals surface area contributed by atoms with Gasteiger partial charge in [-0.1, -0.05) is 70.9 Å². The van der Waals surface area contributed by atoms with Crippen LogP contribution >= 0.6 is 0 Å². The summed E-state index contributed by atoms with van der Waals surface area (Å²) in [6.45, 7) is 27.6. The molecule has 0 saturated carbocycles. The molecule has 1 aliphatic carbocycles. The van der Waals surface area contributed by atoms with Crippen molar-refractivity contribution in [2.75, 3.05) is 0 Å². The van der Waals surface area contributed by atoms with Gasteiger partial charge in [0.25, 0.3) is 0 Å². The molecule has 0 heterocycles. The second-order valence-corrected chi connectivity index (χ2v) is 2.76. The van der Waals surface area contributed by atoms with Gasteiger partial charge >= 0.3 is 0 Å². The normalized spacial score (nSPS) is 10.2. The Bertz CT molecular complexity index is 164. The van der Waals surface area contributed by atoms with Crippen molar-refractivity contribution in [3.8, 4) is 0 Å². The van der Waals surface area contributed by atoms with Gasteiger partial charge in [0.15, 0.2) is 0 Å². The Balaban J connectivity index is -0.0000000508. The molecule has 0 heteroatoms. The number of hydrogen-bond donors (Lipinski definition) is 0. The van der Waals surface area contributed by atoms with E-state index in [2.05, 4.69) is 45.7 Å². The molecule has 0 aromatic heterocycles. The van der Waals surface area contributed by atoms with Crippen molar-refractivity contribution in [3.05, 3.63) is 49.1 Å². The molecule has 0 N–H and O–H groups in total. The zero-order chi connectivity index (χ0) is 16.7. The molecule has 0 radical (unpaired) electrons. The number of allylic oxidation sites excluding steroid dienone is 5. The third-order valence-corrected chi connectivity index (χ3v) is 1.69. The fourth-order valence-electron chi connectivity index (χ4n) is 0.922. The van der Waals surface area contributed by atoms with Gasteiger partial charge in [-0.2, -0.15) is 0 Å². The first-order valence-corrected chi connectivity index (χ1v) is 7.63. The molecule has 116 valence electrons. The molecule has 1 rings (SSSR count). The molecular weight excluding hydrogens is 228 g/mol. The summed E-state index contributed by atoms with van der Waals surface area (Å²) in [6, 6.07) is 0. The minimum atomic E-state index is 1.24. The van der Waals surface area contributed by atoms with Crippen LogP contribution in [0.1, 0.15) is 75.2 Å². The van der Waals surface area contributed by atoms with Crippen LogP contribution in [0.3, 0.4) is 0 Å². The highest BCUT2D eigenvalue weighted by atomic mass is 14.0. The van der Waals surface area contributed by atoms with Crippen molar-refractivity contribution in [1.82, 2.24) is 0 Å². The average molecular weight is 269 g/mol. The van der Waals surface area contributed by atoms with Gasteiger partial charge in [0.05, 0.1) is 0 Å². The van der Waals surface area contributed by atoms with Gasteiger partial charge in [-0.05, 0) is 33.6 Å². The Morgan fingerprint density at radius 1 is 0.789 bits per heavy atom. The molecule has 1 aliphatic rings. The van der Waals surface area contributed by atoms with Crippen LogP contribution in [0, 0.1) is 0 Å². The predicted octanol–water partition coefficient (Wildman–Crippen LogP) is 7.75. The molecule has 0 nitrogen and oxygen atoms in total. The maximum atomic E-state index is 3.36. The third-order valence-electron chi connectivity index (χ3n) is 1.69. The van der Waals surface area contributed by atoms with Gasteiger partial charge < -0.3 is 0 Å². The van der Waals surface area contributed by atoms with Crippen molar-refractivity contribution in [2.24, 2.45) is 0 Å². The van der Waals surface area contributed by atoms with Gasteiger partial charge in [-0.15, -0.1) is 19.7 Å². The zero-order valence-corrected chi connectivity index (χ0v) is 15.3. The molecule has 0 aliphatic heterocycles. The van der Waals surface area contributed by atoms with Crippen LogP contribution in [0.4, 0.5) is 0 Å². The second kappa shape index (κ2) is 43.5. The Morgan fingerprint density at radius 3 is 1.05 bits per heavy atom. The molecule has 0 fully saturated rings. The predicted molar refractivity (Wildman–Crippen MR) is 97.9 cm³/mol.